The van der Waals surface area contributed by atoms with Crippen molar-refractivity contribution in [2.75, 3.05) is 12.0 Å². The Hall–Kier alpha value is -0.710. The van der Waals surface area contributed by atoms with Gasteiger partial charge >= 0.3 is 12.1 Å². The molecular formula is C5H7NO3S. The van der Waals surface area contributed by atoms with Crippen molar-refractivity contribution in [3.63, 3.8) is 0 Å². The number of amides is 1. The van der Waals surface area contributed by atoms with Crippen molar-refractivity contribution in [3.05, 3.63) is 0 Å². The number of rotatable bonds is 2. The number of hydrogen-bond donors (Lipinski definition) is 1. The number of carbonyl (C=O) groups is 2. The summed E-state index contributed by atoms with van der Waals surface area (Å²) in [6, 6.07) is -0.442. The summed E-state index contributed by atoms with van der Waals surface area (Å²) in [7, 11) is 0. The predicted octanol–water partition coefficient (Wildman–Crippen LogP) is -0.0156. The van der Waals surface area contributed by atoms with Crippen LogP contribution in [-0.4, -0.2) is 30.1 Å². The van der Waals surface area contributed by atoms with Gasteiger partial charge in [-0.1, -0.05) is 0 Å². The van der Waals surface area contributed by atoms with E-state index in [0.717, 1.165) is 0 Å². The second-order valence-corrected chi connectivity index (χ2v) is 2.77. The molecule has 56 valence electrons. The minimum absolute atomic E-state index is 0.442. The first-order valence-corrected chi connectivity index (χ1v) is 4.14. The molecule has 0 aromatic carbocycles. The summed E-state index contributed by atoms with van der Waals surface area (Å²) >= 11 is 1.49. The molecule has 0 radical (unpaired) electrons. The molecule has 0 aliphatic carbocycles. The fourth-order valence-corrected chi connectivity index (χ4v) is 1.22. The highest BCUT2D eigenvalue weighted by atomic mass is 32.2. The van der Waals surface area contributed by atoms with Crippen molar-refractivity contribution in [3.8, 4) is 0 Å². The highest BCUT2D eigenvalue weighted by Crippen LogP contribution is 2.05. The third kappa shape index (κ3) is 1.41. The SMILES string of the molecule is CSCC1NC(=O)OC1=O. The molecule has 1 aliphatic rings. The highest BCUT2D eigenvalue weighted by Gasteiger charge is 2.31. The van der Waals surface area contributed by atoms with E-state index in [1.165, 1.54) is 11.8 Å². The van der Waals surface area contributed by atoms with E-state index in [0.29, 0.717) is 5.75 Å². The van der Waals surface area contributed by atoms with Gasteiger partial charge in [-0.2, -0.15) is 11.8 Å². The van der Waals surface area contributed by atoms with Crippen LogP contribution in [-0.2, 0) is 9.53 Å². The van der Waals surface area contributed by atoms with Gasteiger partial charge in [0.15, 0.2) is 0 Å². The van der Waals surface area contributed by atoms with Crippen LogP contribution in [0.15, 0.2) is 0 Å². The monoisotopic (exact) mass is 161 g/mol. The second kappa shape index (κ2) is 2.92. The van der Waals surface area contributed by atoms with E-state index in [9.17, 15) is 9.59 Å². The minimum Gasteiger partial charge on any atom is -0.375 e. The van der Waals surface area contributed by atoms with Crippen molar-refractivity contribution in [1.29, 1.82) is 0 Å². The van der Waals surface area contributed by atoms with Gasteiger partial charge in [0.1, 0.15) is 6.04 Å². The Morgan fingerprint density at radius 1 is 1.70 bits per heavy atom. The van der Waals surface area contributed by atoms with E-state index in [1.54, 1.807) is 0 Å². The van der Waals surface area contributed by atoms with Gasteiger partial charge in [-0.25, -0.2) is 9.59 Å². The Balaban J connectivity index is 2.46. The van der Waals surface area contributed by atoms with Gasteiger partial charge in [0.2, 0.25) is 0 Å². The quantitative estimate of drug-likeness (QED) is 0.457. The molecule has 1 rings (SSSR count). The van der Waals surface area contributed by atoms with Crippen molar-refractivity contribution < 1.29 is 14.3 Å². The van der Waals surface area contributed by atoms with Crippen molar-refractivity contribution in [1.82, 2.24) is 5.32 Å². The second-order valence-electron chi connectivity index (χ2n) is 1.86. The average Bonchev–Trinajstić information content (AvgIpc) is 2.13. The third-order valence-electron chi connectivity index (χ3n) is 1.10. The van der Waals surface area contributed by atoms with Crippen molar-refractivity contribution >= 4 is 23.8 Å². The van der Waals surface area contributed by atoms with Gasteiger partial charge in [0, 0.05) is 5.75 Å². The molecule has 1 fully saturated rings. The van der Waals surface area contributed by atoms with Crippen molar-refractivity contribution in [2.45, 2.75) is 6.04 Å². The van der Waals surface area contributed by atoms with Gasteiger partial charge in [-0.3, -0.25) is 0 Å². The summed E-state index contributed by atoms with van der Waals surface area (Å²) in [5.74, 6) is 0.101. The first-order chi connectivity index (χ1) is 4.74. The predicted molar refractivity (Wildman–Crippen MR) is 36.8 cm³/mol. The highest BCUT2D eigenvalue weighted by molar-refractivity contribution is 7.98. The fourth-order valence-electron chi connectivity index (χ4n) is 0.670. The maximum atomic E-state index is 10.7. The van der Waals surface area contributed by atoms with E-state index in [1.807, 2.05) is 6.26 Å². The molecule has 1 aliphatic heterocycles. The van der Waals surface area contributed by atoms with Crippen LogP contribution in [0.1, 0.15) is 0 Å². The van der Waals surface area contributed by atoms with Gasteiger partial charge < -0.3 is 10.1 Å². The number of alkyl carbamates (subject to hydrolysis) is 1. The number of hydrogen-bond acceptors (Lipinski definition) is 4. The van der Waals surface area contributed by atoms with Crippen LogP contribution in [0.25, 0.3) is 0 Å². The van der Waals surface area contributed by atoms with Gasteiger partial charge in [-0.15, -0.1) is 0 Å². The number of cyclic esters (lactones) is 2. The molecule has 1 N–H and O–H groups in total. The standard InChI is InChI=1S/C5H7NO3S/c1-10-2-3-4(7)9-5(8)6-3/h3H,2H2,1H3,(H,6,8). The first-order valence-electron chi connectivity index (χ1n) is 2.75. The van der Waals surface area contributed by atoms with Crippen LogP contribution < -0.4 is 5.32 Å². The van der Waals surface area contributed by atoms with Crippen LogP contribution in [0.2, 0.25) is 0 Å². The molecule has 1 unspecified atom stereocenters. The van der Waals surface area contributed by atoms with Crippen LogP contribution in [0.5, 0.6) is 0 Å². The van der Waals surface area contributed by atoms with Crippen LogP contribution in [0.4, 0.5) is 4.79 Å². The smallest absolute Gasteiger partial charge is 0.375 e. The van der Waals surface area contributed by atoms with Gasteiger partial charge in [0.25, 0.3) is 0 Å². The molecule has 5 heteroatoms. The van der Waals surface area contributed by atoms with E-state index >= 15 is 0 Å². The molecule has 1 saturated heterocycles. The van der Waals surface area contributed by atoms with Gasteiger partial charge in [0.05, 0.1) is 0 Å². The first kappa shape index (κ1) is 7.40. The Morgan fingerprint density at radius 3 is 2.80 bits per heavy atom. The zero-order chi connectivity index (χ0) is 7.56. The zero-order valence-corrected chi connectivity index (χ0v) is 6.23. The van der Waals surface area contributed by atoms with Crippen LogP contribution in [0, 0.1) is 0 Å². The molecule has 1 atom stereocenters. The average molecular weight is 161 g/mol. The van der Waals surface area contributed by atoms with Gasteiger partial charge in [-0.05, 0) is 6.26 Å². The van der Waals surface area contributed by atoms with Crippen LogP contribution >= 0.6 is 11.8 Å². The number of nitrogens with one attached hydrogen (secondary N) is 1. The van der Waals surface area contributed by atoms with Crippen LogP contribution in [0.3, 0.4) is 0 Å². The molecule has 0 bridgehead atoms. The summed E-state index contributed by atoms with van der Waals surface area (Å²) in [6.45, 7) is 0. The maximum absolute atomic E-state index is 10.7. The number of esters is 1. The molecule has 10 heavy (non-hydrogen) atoms. The molecule has 0 aromatic heterocycles. The number of carbonyl (C=O) groups excluding carboxylic acids is 2. The molecule has 1 heterocycles. The Kier molecular flexibility index (Phi) is 2.16. The summed E-state index contributed by atoms with van der Waals surface area (Å²) in [6.07, 6.45) is 1.22. The minimum atomic E-state index is -0.635. The topological polar surface area (TPSA) is 55.4 Å². The summed E-state index contributed by atoms with van der Waals surface area (Å²) in [5.41, 5.74) is 0. The third-order valence-corrected chi connectivity index (χ3v) is 1.77. The largest absolute Gasteiger partial charge is 0.415 e. The lowest BCUT2D eigenvalue weighted by atomic mass is 10.4. The molecular weight excluding hydrogens is 154 g/mol. The number of ether oxygens (including phenoxy) is 1. The summed E-state index contributed by atoms with van der Waals surface area (Å²) in [4.78, 5) is 21.0. The maximum Gasteiger partial charge on any atom is 0.415 e. The Bertz CT molecular complexity index is 170. The Labute approximate surface area is 62.3 Å². The molecule has 0 spiro atoms. The molecule has 1 amide bonds. The molecule has 0 aromatic rings. The van der Waals surface area contributed by atoms with Crippen molar-refractivity contribution in [2.24, 2.45) is 0 Å². The lowest BCUT2D eigenvalue weighted by Crippen LogP contribution is -2.30. The normalized spacial score (nSPS) is 24.3. The lowest BCUT2D eigenvalue weighted by Gasteiger charge is -1.99. The number of thioether (sulfide) groups is 1. The Morgan fingerprint density at radius 2 is 2.40 bits per heavy atom. The molecule has 4 nitrogen and oxygen atoms in total. The van der Waals surface area contributed by atoms with E-state index in [4.69, 9.17) is 0 Å². The summed E-state index contributed by atoms with van der Waals surface area (Å²) in [5, 5.41) is 2.37. The van der Waals surface area contributed by atoms with E-state index in [2.05, 4.69) is 10.1 Å². The molecule has 0 saturated carbocycles. The lowest BCUT2D eigenvalue weighted by molar-refractivity contribution is -0.134. The van der Waals surface area contributed by atoms with E-state index in [-0.39, 0.29) is 0 Å². The van der Waals surface area contributed by atoms with E-state index < -0.39 is 18.1 Å². The summed E-state index contributed by atoms with van der Waals surface area (Å²) < 4.78 is 4.22. The zero-order valence-electron chi connectivity index (χ0n) is 5.42. The fraction of sp³-hybridized carbons (Fsp3) is 0.600.